The topological polar surface area (TPSA) is 134 Å². The molecular weight excluding hydrogens is 461 g/mol. The molecular formula is C23H22N3O7P. The Balaban J connectivity index is 2.23. The number of non-ortho nitro benzene ring substituents is 1. The molecule has 0 bridgehead atoms. The number of benzene rings is 3. The van der Waals surface area contributed by atoms with Gasteiger partial charge in [0.1, 0.15) is 0 Å². The maximum Gasteiger partial charge on any atom is 0.357 e. The summed E-state index contributed by atoms with van der Waals surface area (Å²) in [5.41, 5.74) is -1.65. The number of hydrogen-bond donors (Lipinski definition) is 1. The molecule has 0 fully saturated rings. The quantitative estimate of drug-likeness (QED) is 0.128. The Morgan fingerprint density at radius 1 is 1.00 bits per heavy atom. The molecule has 11 heteroatoms. The average molecular weight is 483 g/mol. The largest absolute Gasteiger partial charge is 0.357 e. The van der Waals surface area contributed by atoms with Gasteiger partial charge >= 0.3 is 18.7 Å². The highest BCUT2D eigenvalue weighted by molar-refractivity contribution is 7.54. The van der Waals surface area contributed by atoms with Crippen LogP contribution in [0.25, 0.3) is 21.8 Å². The van der Waals surface area contributed by atoms with E-state index in [1.54, 1.807) is 68.4 Å². The number of aromatic nitrogens is 2. The fourth-order valence-electron chi connectivity index (χ4n) is 4.08. The van der Waals surface area contributed by atoms with Crippen molar-refractivity contribution >= 4 is 35.1 Å². The van der Waals surface area contributed by atoms with Gasteiger partial charge in [-0.2, -0.15) is 0 Å². The fourth-order valence-corrected chi connectivity index (χ4v) is 6.21. The van der Waals surface area contributed by atoms with E-state index in [-0.39, 0.29) is 35.3 Å². The molecule has 0 aliphatic carbocycles. The van der Waals surface area contributed by atoms with Gasteiger partial charge < -0.3 is 14.0 Å². The number of nitro groups is 1. The lowest BCUT2D eigenvalue weighted by atomic mass is 10.1. The first kappa shape index (κ1) is 23.6. The van der Waals surface area contributed by atoms with Crippen LogP contribution in [0.4, 0.5) is 5.69 Å². The highest BCUT2D eigenvalue weighted by Gasteiger charge is 2.40. The molecule has 3 aromatic carbocycles. The molecule has 0 radical (unpaired) electrons. The molecule has 0 amide bonds. The van der Waals surface area contributed by atoms with Crippen molar-refractivity contribution in [1.29, 1.82) is 0 Å². The minimum Gasteiger partial charge on any atom is -0.315 e. The van der Waals surface area contributed by atoms with E-state index in [0.717, 1.165) is 4.57 Å². The van der Waals surface area contributed by atoms with Crippen molar-refractivity contribution in [2.24, 2.45) is 0 Å². The molecule has 0 aliphatic rings. The smallest absolute Gasteiger partial charge is 0.315 e. The van der Waals surface area contributed by atoms with Crippen LogP contribution in [-0.4, -0.2) is 27.7 Å². The number of H-pyrrole nitrogens is 1. The molecule has 4 aromatic rings. The molecule has 1 N–H and O–H groups in total. The maximum atomic E-state index is 14.1. The summed E-state index contributed by atoms with van der Waals surface area (Å²) in [4.78, 5) is 40.0. The zero-order valence-electron chi connectivity index (χ0n) is 18.5. The van der Waals surface area contributed by atoms with Gasteiger partial charge in [-0.1, -0.05) is 48.5 Å². The monoisotopic (exact) mass is 483 g/mol. The van der Waals surface area contributed by atoms with Crippen LogP contribution >= 0.6 is 7.60 Å². The summed E-state index contributed by atoms with van der Waals surface area (Å²) in [6.45, 7) is 3.29. The zero-order valence-corrected chi connectivity index (χ0v) is 19.4. The summed E-state index contributed by atoms with van der Waals surface area (Å²) in [6.07, 6.45) is 0. The van der Waals surface area contributed by atoms with Crippen LogP contribution in [0.5, 0.6) is 0 Å². The minimum absolute atomic E-state index is 0.0135. The van der Waals surface area contributed by atoms with E-state index in [0.29, 0.717) is 10.9 Å². The van der Waals surface area contributed by atoms with Gasteiger partial charge in [0.05, 0.1) is 34.6 Å². The highest BCUT2D eigenvalue weighted by Crippen LogP contribution is 2.61. The Kier molecular flexibility index (Phi) is 6.47. The summed E-state index contributed by atoms with van der Waals surface area (Å²) < 4.78 is 26.2. The number of aromatic amines is 1. The third kappa shape index (κ3) is 3.96. The summed E-state index contributed by atoms with van der Waals surface area (Å²) >= 11 is 0. The molecule has 0 saturated heterocycles. The molecule has 176 valence electrons. The van der Waals surface area contributed by atoms with E-state index in [9.17, 15) is 24.3 Å². The van der Waals surface area contributed by atoms with Gasteiger partial charge in [0.2, 0.25) is 0 Å². The molecule has 0 aliphatic heterocycles. The maximum absolute atomic E-state index is 14.1. The number of nitrogens with zero attached hydrogens (tertiary/aromatic N) is 2. The Morgan fingerprint density at radius 2 is 1.59 bits per heavy atom. The van der Waals surface area contributed by atoms with Crippen LogP contribution in [-0.2, 0) is 13.6 Å². The molecule has 0 spiro atoms. The first-order valence-corrected chi connectivity index (χ1v) is 12.2. The van der Waals surface area contributed by atoms with Gasteiger partial charge in [0.25, 0.3) is 5.69 Å². The van der Waals surface area contributed by atoms with Gasteiger partial charge in [-0.15, -0.1) is 0 Å². The third-order valence-corrected chi connectivity index (χ3v) is 7.73. The first-order valence-electron chi connectivity index (χ1n) is 10.6. The molecule has 1 heterocycles. The standard InChI is InChI=1S/C23H22N3O7P/c1-3-32-34(31,33-4-2)23(15-10-6-5-7-11-15)25-19-14-18(26(29)30)16-12-8-9-13-17(16)20(19)24-21(27)22(25)28/h5-14,23H,3-4H2,1-2H3,(H,24,27). The van der Waals surface area contributed by atoms with Gasteiger partial charge in [-0.3, -0.25) is 28.8 Å². The van der Waals surface area contributed by atoms with Crippen molar-refractivity contribution in [3.8, 4) is 0 Å². The lowest BCUT2D eigenvalue weighted by Crippen LogP contribution is -2.39. The van der Waals surface area contributed by atoms with Crippen LogP contribution in [0.15, 0.2) is 70.3 Å². The number of nitrogens with one attached hydrogen (secondary N) is 1. The van der Waals surface area contributed by atoms with Gasteiger partial charge in [-0.05, 0) is 25.5 Å². The van der Waals surface area contributed by atoms with Crippen molar-refractivity contribution < 1.29 is 18.5 Å². The molecule has 4 rings (SSSR count). The lowest BCUT2D eigenvalue weighted by molar-refractivity contribution is -0.383. The van der Waals surface area contributed by atoms with E-state index < -0.39 is 29.4 Å². The first-order chi connectivity index (χ1) is 16.3. The van der Waals surface area contributed by atoms with Crippen molar-refractivity contribution in [3.05, 3.63) is 97.0 Å². The van der Waals surface area contributed by atoms with Crippen molar-refractivity contribution in [3.63, 3.8) is 0 Å². The van der Waals surface area contributed by atoms with Crippen LogP contribution in [0.3, 0.4) is 0 Å². The van der Waals surface area contributed by atoms with Crippen LogP contribution in [0, 0.1) is 10.1 Å². The third-order valence-electron chi connectivity index (χ3n) is 5.37. The summed E-state index contributed by atoms with van der Waals surface area (Å²) in [6, 6.07) is 16.0. The molecule has 1 unspecified atom stereocenters. The second-order valence-corrected chi connectivity index (χ2v) is 9.47. The number of nitro benzene ring substituents is 1. The Bertz CT molecular complexity index is 1540. The normalized spacial score (nSPS) is 12.8. The van der Waals surface area contributed by atoms with Gasteiger partial charge in [0, 0.05) is 11.5 Å². The van der Waals surface area contributed by atoms with Crippen molar-refractivity contribution in [1.82, 2.24) is 9.55 Å². The van der Waals surface area contributed by atoms with E-state index in [4.69, 9.17) is 9.05 Å². The van der Waals surface area contributed by atoms with E-state index in [2.05, 4.69) is 4.98 Å². The van der Waals surface area contributed by atoms with Gasteiger partial charge in [0.15, 0.2) is 5.78 Å². The summed E-state index contributed by atoms with van der Waals surface area (Å²) in [7, 11) is -4.08. The predicted molar refractivity (Wildman–Crippen MR) is 128 cm³/mol. The van der Waals surface area contributed by atoms with E-state index in [1.165, 1.54) is 6.07 Å². The predicted octanol–water partition coefficient (Wildman–Crippen LogP) is 4.56. The van der Waals surface area contributed by atoms with Gasteiger partial charge in [-0.25, -0.2) is 0 Å². The summed E-state index contributed by atoms with van der Waals surface area (Å²) in [5.74, 6) is -1.35. The number of hydrogen-bond acceptors (Lipinski definition) is 7. The molecule has 1 atom stereocenters. The highest BCUT2D eigenvalue weighted by atomic mass is 31.2. The Hall–Kier alpha value is -3.59. The van der Waals surface area contributed by atoms with Crippen molar-refractivity contribution in [2.45, 2.75) is 19.6 Å². The average Bonchev–Trinajstić information content (AvgIpc) is 2.82. The number of rotatable bonds is 8. The van der Waals surface area contributed by atoms with E-state index in [1.807, 2.05) is 0 Å². The SMILES string of the molecule is CCOP(=O)(OCC)C(c1ccccc1)n1c(=O)c(=O)[nH]c2c3ccccc3c([N+](=O)[O-])cc21. The Morgan fingerprint density at radius 3 is 2.18 bits per heavy atom. The van der Waals surface area contributed by atoms with E-state index >= 15 is 0 Å². The zero-order chi connectivity index (χ0) is 24.5. The molecule has 34 heavy (non-hydrogen) atoms. The second-order valence-electron chi connectivity index (χ2n) is 7.38. The second kappa shape index (κ2) is 9.34. The molecule has 1 aromatic heterocycles. The molecule has 10 nitrogen and oxygen atoms in total. The summed E-state index contributed by atoms with van der Waals surface area (Å²) in [5, 5.41) is 12.6. The number of fused-ring (bicyclic) bond motifs is 3. The fraction of sp³-hybridized carbons (Fsp3) is 0.217. The minimum atomic E-state index is -4.08. The lowest BCUT2D eigenvalue weighted by Gasteiger charge is -2.29. The molecule has 0 saturated carbocycles. The Labute approximate surface area is 193 Å². The van der Waals surface area contributed by atoms with Crippen LogP contribution < -0.4 is 11.1 Å². The van der Waals surface area contributed by atoms with Crippen molar-refractivity contribution in [2.75, 3.05) is 13.2 Å². The van der Waals surface area contributed by atoms with Crippen LogP contribution in [0.2, 0.25) is 0 Å². The van der Waals surface area contributed by atoms with Crippen LogP contribution in [0.1, 0.15) is 25.2 Å².